The molecule has 1 atom stereocenters. The van der Waals surface area contributed by atoms with E-state index in [0.717, 1.165) is 43.7 Å². The summed E-state index contributed by atoms with van der Waals surface area (Å²) in [7, 11) is 0. The van der Waals surface area contributed by atoms with E-state index in [1.54, 1.807) is 12.1 Å². The zero-order valence-electron chi connectivity index (χ0n) is 12.2. The second-order valence-corrected chi connectivity index (χ2v) is 5.58. The summed E-state index contributed by atoms with van der Waals surface area (Å²) in [5, 5.41) is 3.29. The van der Waals surface area contributed by atoms with Crippen LogP contribution in [0, 0.1) is 0 Å². The maximum Gasteiger partial charge on any atom is 0.416 e. The number of rotatable bonds is 4. The molecular formula is C16H21F3N2. The SMILES string of the molecule is C=C(C)C[C@@H](c1ccc(C(F)(F)F)cc1)N1CCNCC1. The Morgan fingerprint density at radius 3 is 2.29 bits per heavy atom. The van der Waals surface area contributed by atoms with E-state index in [2.05, 4.69) is 16.8 Å². The van der Waals surface area contributed by atoms with Crippen LogP contribution in [0.1, 0.15) is 30.5 Å². The number of halogens is 3. The van der Waals surface area contributed by atoms with Crippen molar-refractivity contribution in [3.05, 3.63) is 47.5 Å². The molecule has 1 aromatic rings. The Hall–Kier alpha value is -1.33. The highest BCUT2D eigenvalue weighted by Gasteiger charge is 2.30. The molecule has 1 aliphatic heterocycles. The highest BCUT2D eigenvalue weighted by atomic mass is 19.4. The fraction of sp³-hybridized carbons (Fsp3) is 0.500. The van der Waals surface area contributed by atoms with E-state index in [-0.39, 0.29) is 6.04 Å². The van der Waals surface area contributed by atoms with Crippen molar-refractivity contribution in [3.8, 4) is 0 Å². The summed E-state index contributed by atoms with van der Waals surface area (Å²) in [5.74, 6) is 0. The first-order chi connectivity index (χ1) is 9.88. The Balaban J connectivity index is 2.21. The third-order valence-corrected chi connectivity index (χ3v) is 3.76. The van der Waals surface area contributed by atoms with Gasteiger partial charge in [-0.1, -0.05) is 17.7 Å². The molecule has 0 radical (unpaired) electrons. The van der Waals surface area contributed by atoms with Gasteiger partial charge in [0.25, 0.3) is 0 Å². The number of piperazine rings is 1. The predicted octanol–water partition coefficient (Wildman–Crippen LogP) is 3.62. The molecule has 116 valence electrons. The van der Waals surface area contributed by atoms with E-state index in [9.17, 15) is 13.2 Å². The topological polar surface area (TPSA) is 15.3 Å². The van der Waals surface area contributed by atoms with Crippen molar-refractivity contribution >= 4 is 0 Å². The van der Waals surface area contributed by atoms with Crippen LogP contribution < -0.4 is 5.32 Å². The Morgan fingerprint density at radius 2 is 1.81 bits per heavy atom. The Kier molecular flexibility index (Phi) is 5.06. The summed E-state index contributed by atoms with van der Waals surface area (Å²) in [6, 6.07) is 5.63. The number of alkyl halides is 3. The van der Waals surface area contributed by atoms with E-state index in [0.29, 0.717) is 0 Å². The lowest BCUT2D eigenvalue weighted by Crippen LogP contribution is -2.45. The minimum absolute atomic E-state index is 0.104. The van der Waals surface area contributed by atoms with Crippen LogP contribution in [0.4, 0.5) is 13.2 Å². The van der Waals surface area contributed by atoms with E-state index in [1.165, 1.54) is 12.1 Å². The molecule has 2 rings (SSSR count). The lowest BCUT2D eigenvalue weighted by molar-refractivity contribution is -0.137. The minimum Gasteiger partial charge on any atom is -0.314 e. The normalized spacial score (nSPS) is 18.5. The van der Waals surface area contributed by atoms with Crippen molar-refractivity contribution in [3.63, 3.8) is 0 Å². The second kappa shape index (κ2) is 6.62. The fourth-order valence-corrected chi connectivity index (χ4v) is 2.68. The summed E-state index contributed by atoms with van der Waals surface area (Å²) in [6.45, 7) is 9.53. The van der Waals surface area contributed by atoms with Crippen LogP contribution >= 0.6 is 0 Å². The van der Waals surface area contributed by atoms with Gasteiger partial charge in [-0.15, -0.1) is 6.58 Å². The number of hydrogen-bond donors (Lipinski definition) is 1. The van der Waals surface area contributed by atoms with Crippen LogP contribution in [0.25, 0.3) is 0 Å². The van der Waals surface area contributed by atoms with Crippen molar-refractivity contribution in [2.24, 2.45) is 0 Å². The summed E-state index contributed by atoms with van der Waals surface area (Å²) in [5.41, 5.74) is 1.37. The van der Waals surface area contributed by atoms with Crippen LogP contribution in [0.2, 0.25) is 0 Å². The summed E-state index contributed by atoms with van der Waals surface area (Å²) in [4.78, 5) is 2.31. The van der Waals surface area contributed by atoms with Gasteiger partial charge in [0.2, 0.25) is 0 Å². The average molecular weight is 298 g/mol. The van der Waals surface area contributed by atoms with E-state index < -0.39 is 11.7 Å². The molecule has 0 saturated carbocycles. The van der Waals surface area contributed by atoms with Crippen molar-refractivity contribution in [1.82, 2.24) is 10.2 Å². The van der Waals surface area contributed by atoms with Gasteiger partial charge in [-0.2, -0.15) is 13.2 Å². The third-order valence-electron chi connectivity index (χ3n) is 3.76. The largest absolute Gasteiger partial charge is 0.416 e. The highest BCUT2D eigenvalue weighted by Crippen LogP contribution is 2.32. The van der Waals surface area contributed by atoms with E-state index >= 15 is 0 Å². The van der Waals surface area contributed by atoms with Crippen LogP contribution in [0.5, 0.6) is 0 Å². The molecule has 0 unspecified atom stereocenters. The van der Waals surface area contributed by atoms with Gasteiger partial charge in [-0.25, -0.2) is 0 Å². The van der Waals surface area contributed by atoms with Crippen LogP contribution in [0.15, 0.2) is 36.4 Å². The first kappa shape index (κ1) is 16.0. The summed E-state index contributed by atoms with van der Waals surface area (Å²) in [6.07, 6.45) is -3.51. The number of nitrogens with one attached hydrogen (secondary N) is 1. The molecule has 21 heavy (non-hydrogen) atoms. The molecular weight excluding hydrogens is 277 g/mol. The van der Waals surface area contributed by atoms with Gasteiger partial charge in [-0.05, 0) is 31.0 Å². The lowest BCUT2D eigenvalue weighted by Gasteiger charge is -2.35. The summed E-state index contributed by atoms with van der Waals surface area (Å²) < 4.78 is 38.0. The molecule has 0 bridgehead atoms. The Labute approximate surface area is 123 Å². The molecule has 0 aliphatic carbocycles. The monoisotopic (exact) mass is 298 g/mol. The van der Waals surface area contributed by atoms with Crippen LogP contribution in [-0.4, -0.2) is 31.1 Å². The fourth-order valence-electron chi connectivity index (χ4n) is 2.68. The van der Waals surface area contributed by atoms with Crippen LogP contribution in [0.3, 0.4) is 0 Å². The molecule has 0 amide bonds. The van der Waals surface area contributed by atoms with Gasteiger partial charge < -0.3 is 5.32 Å². The van der Waals surface area contributed by atoms with Gasteiger partial charge in [0.15, 0.2) is 0 Å². The molecule has 0 spiro atoms. The van der Waals surface area contributed by atoms with E-state index in [1.807, 2.05) is 6.92 Å². The van der Waals surface area contributed by atoms with Gasteiger partial charge >= 0.3 is 6.18 Å². The van der Waals surface area contributed by atoms with Gasteiger partial charge in [-0.3, -0.25) is 4.90 Å². The first-order valence-electron chi connectivity index (χ1n) is 7.14. The Bertz CT molecular complexity index is 473. The molecule has 1 aromatic carbocycles. The maximum absolute atomic E-state index is 12.7. The summed E-state index contributed by atoms with van der Waals surface area (Å²) >= 11 is 0. The van der Waals surface area contributed by atoms with Crippen molar-refractivity contribution < 1.29 is 13.2 Å². The quantitative estimate of drug-likeness (QED) is 0.854. The van der Waals surface area contributed by atoms with Gasteiger partial charge in [0.1, 0.15) is 0 Å². The van der Waals surface area contributed by atoms with Crippen molar-refractivity contribution in [2.75, 3.05) is 26.2 Å². The number of hydrogen-bond acceptors (Lipinski definition) is 2. The maximum atomic E-state index is 12.7. The van der Waals surface area contributed by atoms with Crippen molar-refractivity contribution in [2.45, 2.75) is 25.6 Å². The lowest BCUT2D eigenvalue weighted by atomic mass is 9.97. The smallest absolute Gasteiger partial charge is 0.314 e. The van der Waals surface area contributed by atoms with Gasteiger partial charge in [0.05, 0.1) is 5.56 Å². The molecule has 1 aliphatic rings. The highest BCUT2D eigenvalue weighted by molar-refractivity contribution is 5.28. The number of benzene rings is 1. The zero-order chi connectivity index (χ0) is 15.5. The van der Waals surface area contributed by atoms with Crippen LogP contribution in [-0.2, 0) is 6.18 Å². The molecule has 0 aromatic heterocycles. The Morgan fingerprint density at radius 1 is 1.24 bits per heavy atom. The molecule has 2 nitrogen and oxygen atoms in total. The van der Waals surface area contributed by atoms with Gasteiger partial charge in [0, 0.05) is 32.2 Å². The molecule has 1 fully saturated rings. The van der Waals surface area contributed by atoms with Crippen molar-refractivity contribution in [1.29, 1.82) is 0 Å². The molecule has 1 N–H and O–H groups in total. The number of nitrogens with zero attached hydrogens (tertiary/aromatic N) is 1. The third kappa shape index (κ3) is 4.32. The second-order valence-electron chi connectivity index (χ2n) is 5.58. The first-order valence-corrected chi connectivity index (χ1v) is 7.14. The predicted molar refractivity (Wildman–Crippen MR) is 78.1 cm³/mol. The molecule has 1 saturated heterocycles. The molecule has 1 heterocycles. The molecule has 5 heteroatoms. The zero-order valence-corrected chi connectivity index (χ0v) is 12.2. The average Bonchev–Trinajstić information content (AvgIpc) is 2.45. The van der Waals surface area contributed by atoms with E-state index in [4.69, 9.17) is 0 Å². The standard InChI is InChI=1S/C16H21F3N2/c1-12(2)11-15(21-9-7-20-8-10-21)13-3-5-14(6-4-13)16(17,18)19/h3-6,15,20H,1,7-11H2,2H3/t15-/m0/s1. The minimum atomic E-state index is -4.28.